The second-order valence-corrected chi connectivity index (χ2v) is 6.71. The van der Waals surface area contributed by atoms with Crippen molar-refractivity contribution >= 4 is 5.91 Å². The van der Waals surface area contributed by atoms with E-state index in [1.807, 2.05) is 0 Å². The minimum atomic E-state index is -0.164. The lowest BCUT2D eigenvalue weighted by Crippen LogP contribution is -3.00. The van der Waals surface area contributed by atoms with E-state index < -0.39 is 0 Å². The molecule has 0 unspecified atom stereocenters. The number of unbranched alkanes of at least 4 members (excludes halogenated alkanes) is 11. The standard InChI is InChI=1S/C18H35NO.C2H7NO/c1-2-3-4-5-6-7-8-9-10-11-12-13-14-15-16-17-18(19)20;1-3(2)4/h9-10H,2-8,11-17H2,1H3,(H2,19,20);3H,1-2H3/b10-9-;. The molecule has 24 heavy (non-hydrogen) atoms. The van der Waals surface area contributed by atoms with Crippen molar-refractivity contribution in [3.63, 3.8) is 0 Å². The predicted octanol–water partition coefficient (Wildman–Crippen LogP) is 4.14. The van der Waals surface area contributed by atoms with E-state index in [1.54, 1.807) is 0 Å². The van der Waals surface area contributed by atoms with Crippen LogP contribution in [-0.2, 0) is 4.79 Å². The molecule has 0 saturated heterocycles. The Labute approximate surface area is 150 Å². The molecule has 0 bridgehead atoms. The van der Waals surface area contributed by atoms with E-state index in [9.17, 15) is 10.0 Å². The van der Waals surface area contributed by atoms with Crippen LogP contribution in [0.2, 0.25) is 0 Å². The van der Waals surface area contributed by atoms with Crippen LogP contribution >= 0.6 is 0 Å². The van der Waals surface area contributed by atoms with Gasteiger partial charge < -0.3 is 16.0 Å². The van der Waals surface area contributed by atoms with Crippen LogP contribution in [0.25, 0.3) is 0 Å². The maximum Gasteiger partial charge on any atom is 0.217 e. The number of carbonyl (C=O) groups is 1. The van der Waals surface area contributed by atoms with Crippen molar-refractivity contribution in [1.29, 1.82) is 0 Å². The third-order valence-electron chi connectivity index (χ3n) is 3.68. The number of nitrogens with two attached hydrogens (primary N) is 1. The molecular formula is C20H42N2O2. The second-order valence-electron chi connectivity index (χ2n) is 6.71. The lowest BCUT2D eigenvalue weighted by molar-refractivity contribution is -0.802. The van der Waals surface area contributed by atoms with E-state index in [4.69, 9.17) is 5.73 Å². The summed E-state index contributed by atoms with van der Waals surface area (Å²) in [5.41, 5.74) is 5.10. The summed E-state index contributed by atoms with van der Waals surface area (Å²) in [6.45, 7) is 2.26. The fourth-order valence-corrected chi connectivity index (χ4v) is 2.37. The molecule has 4 nitrogen and oxygen atoms in total. The summed E-state index contributed by atoms with van der Waals surface area (Å²) in [6.07, 6.45) is 21.9. The number of primary amides is 1. The molecule has 0 heterocycles. The van der Waals surface area contributed by atoms with Gasteiger partial charge in [-0.3, -0.25) is 4.79 Å². The highest BCUT2D eigenvalue weighted by atomic mass is 16.5. The molecule has 0 saturated carbocycles. The van der Waals surface area contributed by atoms with Gasteiger partial charge in [-0.15, -0.1) is 0 Å². The first kappa shape index (κ1) is 25.4. The van der Waals surface area contributed by atoms with E-state index in [0.717, 1.165) is 12.8 Å². The molecule has 0 spiro atoms. The van der Waals surface area contributed by atoms with Crippen molar-refractivity contribution in [2.75, 3.05) is 14.1 Å². The van der Waals surface area contributed by atoms with Crippen LogP contribution in [0.4, 0.5) is 0 Å². The quantitative estimate of drug-likeness (QED) is 0.267. The number of carbonyl (C=O) groups excluding carboxylic acids is 1. The lowest BCUT2D eigenvalue weighted by atomic mass is 10.1. The molecule has 144 valence electrons. The predicted molar refractivity (Wildman–Crippen MR) is 105 cm³/mol. The summed E-state index contributed by atoms with van der Waals surface area (Å²) < 4.78 is 0. The first-order valence-electron chi connectivity index (χ1n) is 9.91. The van der Waals surface area contributed by atoms with Gasteiger partial charge in [-0.25, -0.2) is 0 Å². The number of nitrogens with one attached hydrogen (secondary N) is 1. The molecule has 0 radical (unpaired) electrons. The zero-order valence-corrected chi connectivity index (χ0v) is 16.4. The number of quaternary nitrogens is 1. The van der Waals surface area contributed by atoms with Crippen molar-refractivity contribution in [3.8, 4) is 0 Å². The Morgan fingerprint density at radius 3 is 1.62 bits per heavy atom. The van der Waals surface area contributed by atoms with Gasteiger partial charge in [-0.2, -0.15) is 0 Å². The summed E-state index contributed by atoms with van der Waals surface area (Å²) >= 11 is 0. The maximum absolute atomic E-state index is 10.5. The number of hydrogen-bond acceptors (Lipinski definition) is 2. The van der Waals surface area contributed by atoms with Crippen LogP contribution < -0.4 is 10.8 Å². The Morgan fingerprint density at radius 2 is 1.21 bits per heavy atom. The number of amides is 1. The molecule has 4 heteroatoms. The van der Waals surface area contributed by atoms with E-state index >= 15 is 0 Å². The highest BCUT2D eigenvalue weighted by molar-refractivity contribution is 5.73. The average molecular weight is 343 g/mol. The van der Waals surface area contributed by atoms with E-state index in [2.05, 4.69) is 19.1 Å². The smallest absolute Gasteiger partial charge is 0.217 e. The summed E-state index contributed by atoms with van der Waals surface area (Å²) in [4.78, 5) is 10.5. The van der Waals surface area contributed by atoms with Crippen molar-refractivity contribution in [3.05, 3.63) is 17.4 Å². The number of rotatable bonds is 15. The molecule has 0 aromatic rings. The molecular weight excluding hydrogens is 300 g/mol. The van der Waals surface area contributed by atoms with Crippen molar-refractivity contribution < 1.29 is 9.86 Å². The molecule has 0 aromatic carbocycles. The summed E-state index contributed by atoms with van der Waals surface area (Å²) in [5.74, 6) is -0.164. The second kappa shape index (κ2) is 22.1. The van der Waals surface area contributed by atoms with Gasteiger partial charge in [-0.1, -0.05) is 70.4 Å². The largest absolute Gasteiger partial charge is 0.635 e. The van der Waals surface area contributed by atoms with Gasteiger partial charge in [0, 0.05) is 6.42 Å². The Balaban J connectivity index is 0. The van der Waals surface area contributed by atoms with Crippen molar-refractivity contribution in [1.82, 2.24) is 0 Å². The topological polar surface area (TPSA) is 70.6 Å². The first-order chi connectivity index (χ1) is 11.5. The number of hydroxylamine groups is 2. The van der Waals surface area contributed by atoms with Gasteiger partial charge in [0.15, 0.2) is 0 Å². The van der Waals surface area contributed by atoms with Gasteiger partial charge >= 0.3 is 0 Å². The van der Waals surface area contributed by atoms with E-state index in [-0.39, 0.29) is 11.0 Å². The first-order valence-corrected chi connectivity index (χ1v) is 9.91. The molecule has 3 N–H and O–H groups in total. The Bertz CT molecular complexity index is 276. The van der Waals surface area contributed by atoms with Crippen molar-refractivity contribution in [2.24, 2.45) is 5.73 Å². The van der Waals surface area contributed by atoms with Gasteiger partial charge in [-0.05, 0) is 32.1 Å². The van der Waals surface area contributed by atoms with Crippen LogP contribution in [0.1, 0.15) is 96.8 Å². The molecule has 0 aliphatic heterocycles. The average Bonchev–Trinajstić information content (AvgIpc) is 2.50. The van der Waals surface area contributed by atoms with Crippen molar-refractivity contribution in [2.45, 2.75) is 96.8 Å². The molecule has 0 rings (SSSR count). The molecule has 0 aliphatic rings. The third-order valence-corrected chi connectivity index (χ3v) is 3.68. The summed E-state index contributed by atoms with van der Waals surface area (Å²) in [6, 6.07) is 0. The number of hydrogen-bond donors (Lipinski definition) is 2. The Kier molecular flexibility index (Phi) is 23.4. The molecule has 0 aliphatic carbocycles. The van der Waals surface area contributed by atoms with Crippen LogP contribution in [-0.4, -0.2) is 20.0 Å². The van der Waals surface area contributed by atoms with Crippen LogP contribution in [0, 0.1) is 5.21 Å². The van der Waals surface area contributed by atoms with Crippen LogP contribution in [0.15, 0.2) is 12.2 Å². The molecule has 0 fully saturated rings. The van der Waals surface area contributed by atoms with Gasteiger partial charge in [0.2, 0.25) is 5.91 Å². The molecule has 0 aromatic heterocycles. The lowest BCUT2D eigenvalue weighted by Gasteiger charge is -2.04. The normalized spacial score (nSPS) is 10.9. The van der Waals surface area contributed by atoms with E-state index in [1.165, 1.54) is 84.7 Å². The van der Waals surface area contributed by atoms with Crippen LogP contribution in [0.5, 0.6) is 0 Å². The SMILES string of the molecule is CCCCCCCC/C=C\CCCCCCCC(N)=O.C[NH+](C)[O-]. The van der Waals surface area contributed by atoms with E-state index in [0.29, 0.717) is 6.42 Å². The summed E-state index contributed by atoms with van der Waals surface area (Å²) in [5, 5.41) is 9.61. The third kappa shape index (κ3) is 32.9. The zero-order chi connectivity index (χ0) is 18.5. The minimum Gasteiger partial charge on any atom is -0.635 e. The zero-order valence-electron chi connectivity index (χ0n) is 16.4. The highest BCUT2D eigenvalue weighted by Crippen LogP contribution is 2.09. The maximum atomic E-state index is 10.5. The fourth-order valence-electron chi connectivity index (χ4n) is 2.37. The fraction of sp³-hybridized carbons (Fsp3) is 0.850. The summed E-state index contributed by atoms with van der Waals surface area (Å²) in [7, 11) is 3.06. The highest BCUT2D eigenvalue weighted by Gasteiger charge is 1.94. The van der Waals surface area contributed by atoms with Gasteiger partial charge in [0.05, 0.1) is 14.1 Å². The minimum absolute atomic E-state index is 0.164. The van der Waals surface area contributed by atoms with Crippen LogP contribution in [0.3, 0.4) is 0 Å². The Morgan fingerprint density at radius 1 is 0.833 bits per heavy atom. The molecule has 0 atom stereocenters. The van der Waals surface area contributed by atoms with Gasteiger partial charge in [0.25, 0.3) is 0 Å². The monoisotopic (exact) mass is 342 g/mol. The Hall–Kier alpha value is -0.870. The van der Waals surface area contributed by atoms with Gasteiger partial charge in [0.1, 0.15) is 0 Å². The molecule has 1 amide bonds. The number of allylic oxidation sites excluding steroid dienone is 2.